The molecule has 2 rings (SSSR count). The lowest BCUT2D eigenvalue weighted by molar-refractivity contribution is 0.0472. The van der Waals surface area contributed by atoms with Crippen LogP contribution in [0.4, 0.5) is 0 Å². The maximum absolute atomic E-state index is 12.0. The van der Waals surface area contributed by atoms with E-state index in [9.17, 15) is 4.79 Å². The van der Waals surface area contributed by atoms with Crippen molar-refractivity contribution in [3.63, 3.8) is 0 Å². The molecule has 0 amide bonds. The van der Waals surface area contributed by atoms with Crippen LogP contribution in [0.25, 0.3) is 0 Å². The van der Waals surface area contributed by atoms with Gasteiger partial charge in [-0.3, -0.25) is 0 Å². The maximum atomic E-state index is 12.0. The largest absolute Gasteiger partial charge is 0.457 e. The van der Waals surface area contributed by atoms with Gasteiger partial charge in [-0.1, -0.05) is 42.5 Å². The molecule has 0 aliphatic carbocycles. The Morgan fingerprint density at radius 2 is 1.72 bits per heavy atom. The molecule has 0 heterocycles. The van der Waals surface area contributed by atoms with Gasteiger partial charge in [0.05, 0.1) is 5.56 Å². The zero-order valence-corrected chi connectivity index (χ0v) is 10.6. The van der Waals surface area contributed by atoms with Gasteiger partial charge in [-0.05, 0) is 36.6 Å². The van der Waals surface area contributed by atoms with E-state index < -0.39 is 0 Å². The molecule has 0 aliphatic rings. The summed E-state index contributed by atoms with van der Waals surface area (Å²) in [5, 5.41) is 0. The van der Waals surface area contributed by atoms with Crippen LogP contribution in [0.1, 0.15) is 27.0 Å². The van der Waals surface area contributed by atoms with E-state index in [-0.39, 0.29) is 5.97 Å². The van der Waals surface area contributed by atoms with Crippen molar-refractivity contribution in [2.75, 3.05) is 0 Å². The van der Waals surface area contributed by atoms with Gasteiger partial charge in [0.1, 0.15) is 6.61 Å². The average Bonchev–Trinajstić information content (AvgIpc) is 2.40. The summed E-state index contributed by atoms with van der Waals surface area (Å²) in [4.78, 5) is 12.0. The molecule has 2 heteroatoms. The molecule has 0 aromatic heterocycles. The van der Waals surface area contributed by atoms with Crippen molar-refractivity contribution in [3.8, 4) is 0 Å². The summed E-state index contributed by atoms with van der Waals surface area (Å²) in [6, 6.07) is 15.4. The second kappa shape index (κ2) is 5.50. The Morgan fingerprint density at radius 3 is 2.44 bits per heavy atom. The van der Waals surface area contributed by atoms with Crippen molar-refractivity contribution >= 4 is 5.97 Å². The first-order valence-corrected chi connectivity index (χ1v) is 5.96. The van der Waals surface area contributed by atoms with E-state index in [2.05, 4.69) is 0 Å². The van der Waals surface area contributed by atoms with Crippen LogP contribution in [0.3, 0.4) is 0 Å². The highest BCUT2D eigenvalue weighted by atomic mass is 16.5. The minimum absolute atomic E-state index is 0.264. The summed E-state index contributed by atoms with van der Waals surface area (Å²) in [6.07, 6.45) is 0. The summed E-state index contributed by atoms with van der Waals surface area (Å²) in [6.45, 7) is 4.24. The molecule has 2 nitrogen and oxygen atoms in total. The van der Waals surface area contributed by atoms with E-state index in [1.54, 1.807) is 6.07 Å². The topological polar surface area (TPSA) is 26.3 Å². The predicted octanol–water partition coefficient (Wildman–Crippen LogP) is 3.66. The standard InChI is InChI=1S/C16H16O2/c1-12-7-6-10-15(13(12)2)16(17)18-11-14-8-4-3-5-9-14/h3-10H,11H2,1-2H3. The number of rotatable bonds is 3. The smallest absolute Gasteiger partial charge is 0.338 e. The Bertz CT molecular complexity index is 544. The van der Waals surface area contributed by atoms with Gasteiger partial charge in [0.25, 0.3) is 0 Å². The third kappa shape index (κ3) is 2.77. The molecule has 0 spiro atoms. The second-order valence-electron chi connectivity index (χ2n) is 4.31. The SMILES string of the molecule is Cc1cccc(C(=O)OCc2ccccc2)c1C. The van der Waals surface area contributed by atoms with Crippen molar-refractivity contribution in [1.29, 1.82) is 0 Å². The molecule has 0 bridgehead atoms. The molecule has 0 fully saturated rings. The normalized spacial score (nSPS) is 10.1. The Balaban J connectivity index is 2.07. The molecule has 0 saturated heterocycles. The number of ether oxygens (including phenoxy) is 1. The van der Waals surface area contributed by atoms with E-state index in [0.29, 0.717) is 12.2 Å². The van der Waals surface area contributed by atoms with Crippen LogP contribution in [0.15, 0.2) is 48.5 Å². The Hall–Kier alpha value is -2.09. The first kappa shape index (κ1) is 12.4. The van der Waals surface area contributed by atoms with Crippen LogP contribution in [-0.2, 0) is 11.3 Å². The average molecular weight is 240 g/mol. The van der Waals surface area contributed by atoms with E-state index in [0.717, 1.165) is 16.7 Å². The first-order chi connectivity index (χ1) is 8.68. The van der Waals surface area contributed by atoms with Crippen molar-refractivity contribution in [1.82, 2.24) is 0 Å². The van der Waals surface area contributed by atoms with Crippen LogP contribution >= 0.6 is 0 Å². The fourth-order valence-corrected chi connectivity index (χ4v) is 1.77. The lowest BCUT2D eigenvalue weighted by atomic mass is 10.0. The molecule has 2 aromatic carbocycles. The van der Waals surface area contributed by atoms with E-state index in [1.807, 2.05) is 56.3 Å². The van der Waals surface area contributed by atoms with E-state index in [1.165, 1.54) is 0 Å². The van der Waals surface area contributed by atoms with E-state index in [4.69, 9.17) is 4.74 Å². The van der Waals surface area contributed by atoms with Gasteiger partial charge in [0, 0.05) is 0 Å². The molecule has 0 unspecified atom stereocenters. The van der Waals surface area contributed by atoms with Crippen molar-refractivity contribution < 1.29 is 9.53 Å². The minimum atomic E-state index is -0.264. The fourth-order valence-electron chi connectivity index (χ4n) is 1.77. The van der Waals surface area contributed by atoms with Gasteiger partial charge in [0.15, 0.2) is 0 Å². The summed E-state index contributed by atoms with van der Waals surface area (Å²) < 4.78 is 5.31. The number of carbonyl (C=O) groups is 1. The Kier molecular flexibility index (Phi) is 3.78. The quantitative estimate of drug-likeness (QED) is 0.765. The van der Waals surface area contributed by atoms with Gasteiger partial charge < -0.3 is 4.74 Å². The minimum Gasteiger partial charge on any atom is -0.457 e. The van der Waals surface area contributed by atoms with Crippen LogP contribution in [0.2, 0.25) is 0 Å². The highest BCUT2D eigenvalue weighted by Gasteiger charge is 2.11. The Labute approximate surface area is 107 Å². The fraction of sp³-hybridized carbons (Fsp3) is 0.188. The molecule has 0 aliphatic heterocycles. The van der Waals surface area contributed by atoms with Crippen LogP contribution < -0.4 is 0 Å². The molecule has 0 radical (unpaired) electrons. The third-order valence-corrected chi connectivity index (χ3v) is 3.04. The molecule has 0 N–H and O–H groups in total. The maximum Gasteiger partial charge on any atom is 0.338 e. The highest BCUT2D eigenvalue weighted by Crippen LogP contribution is 2.14. The number of carbonyl (C=O) groups excluding carboxylic acids is 1. The van der Waals surface area contributed by atoms with Crippen molar-refractivity contribution in [2.24, 2.45) is 0 Å². The zero-order valence-electron chi connectivity index (χ0n) is 10.6. The molecular weight excluding hydrogens is 224 g/mol. The van der Waals surface area contributed by atoms with Crippen molar-refractivity contribution in [2.45, 2.75) is 20.5 Å². The van der Waals surface area contributed by atoms with Crippen molar-refractivity contribution in [3.05, 3.63) is 70.8 Å². The van der Waals surface area contributed by atoms with E-state index >= 15 is 0 Å². The molecule has 92 valence electrons. The molecule has 0 atom stereocenters. The Morgan fingerprint density at radius 1 is 1.00 bits per heavy atom. The first-order valence-electron chi connectivity index (χ1n) is 5.96. The summed E-state index contributed by atoms with van der Waals surface area (Å²) in [5.74, 6) is -0.264. The highest BCUT2D eigenvalue weighted by molar-refractivity contribution is 5.91. The number of hydrogen-bond acceptors (Lipinski definition) is 2. The molecular formula is C16H16O2. The number of esters is 1. The summed E-state index contributed by atoms with van der Waals surface area (Å²) in [7, 11) is 0. The predicted molar refractivity (Wildman–Crippen MR) is 71.5 cm³/mol. The number of aryl methyl sites for hydroxylation is 1. The second-order valence-corrected chi connectivity index (χ2v) is 4.31. The number of hydrogen-bond donors (Lipinski definition) is 0. The van der Waals surface area contributed by atoms with Crippen LogP contribution in [0.5, 0.6) is 0 Å². The van der Waals surface area contributed by atoms with Gasteiger partial charge >= 0.3 is 5.97 Å². The van der Waals surface area contributed by atoms with Gasteiger partial charge in [-0.25, -0.2) is 4.79 Å². The van der Waals surface area contributed by atoms with Gasteiger partial charge in [-0.2, -0.15) is 0 Å². The lowest BCUT2D eigenvalue weighted by Gasteiger charge is -2.08. The van der Waals surface area contributed by atoms with Crippen LogP contribution in [0, 0.1) is 13.8 Å². The monoisotopic (exact) mass is 240 g/mol. The molecule has 18 heavy (non-hydrogen) atoms. The lowest BCUT2D eigenvalue weighted by Crippen LogP contribution is -2.07. The third-order valence-electron chi connectivity index (χ3n) is 3.04. The van der Waals surface area contributed by atoms with Gasteiger partial charge in [0.2, 0.25) is 0 Å². The summed E-state index contributed by atoms with van der Waals surface area (Å²) >= 11 is 0. The van der Waals surface area contributed by atoms with Crippen LogP contribution in [-0.4, -0.2) is 5.97 Å². The zero-order chi connectivity index (χ0) is 13.0. The summed E-state index contributed by atoms with van der Waals surface area (Å²) in [5.41, 5.74) is 3.72. The molecule has 0 saturated carbocycles. The van der Waals surface area contributed by atoms with Gasteiger partial charge in [-0.15, -0.1) is 0 Å². The molecule has 2 aromatic rings. The number of benzene rings is 2.